The topological polar surface area (TPSA) is 73.3 Å². The summed E-state index contributed by atoms with van der Waals surface area (Å²) >= 11 is 0. The fraction of sp³-hybridized carbons (Fsp3) is 0.333. The molecule has 1 aliphatic heterocycles. The number of benzene rings is 1. The zero-order valence-electron chi connectivity index (χ0n) is 14.6. The Balaban J connectivity index is 1.70. The van der Waals surface area contributed by atoms with Gasteiger partial charge in [0.2, 0.25) is 0 Å². The molecule has 1 aliphatic rings. The van der Waals surface area contributed by atoms with Crippen molar-refractivity contribution in [2.45, 2.75) is 19.6 Å². The number of ether oxygens (including phenoxy) is 2. The number of methoxy groups -OCH3 is 2. The van der Waals surface area contributed by atoms with Crippen LogP contribution in [0.3, 0.4) is 0 Å². The summed E-state index contributed by atoms with van der Waals surface area (Å²) in [5.74, 6) is 1.08. The highest BCUT2D eigenvalue weighted by Crippen LogP contribution is 2.31. The van der Waals surface area contributed by atoms with Crippen molar-refractivity contribution < 1.29 is 13.9 Å². The first-order valence-electron chi connectivity index (χ1n) is 8.26. The third kappa shape index (κ3) is 2.82. The number of fused-ring (bicyclic) bond motifs is 2. The summed E-state index contributed by atoms with van der Waals surface area (Å²) in [6.07, 6.45) is 3.97. The Morgan fingerprint density at radius 1 is 1.19 bits per heavy atom. The van der Waals surface area contributed by atoms with Crippen LogP contribution >= 0.6 is 0 Å². The van der Waals surface area contributed by atoms with E-state index in [1.165, 1.54) is 13.4 Å². The number of rotatable bonds is 4. The van der Waals surface area contributed by atoms with Crippen LogP contribution < -0.4 is 9.64 Å². The van der Waals surface area contributed by atoms with E-state index in [0.29, 0.717) is 30.2 Å². The molecule has 4 rings (SSSR count). The van der Waals surface area contributed by atoms with Gasteiger partial charge in [0.05, 0.1) is 12.8 Å². The first-order valence-corrected chi connectivity index (χ1v) is 8.26. The van der Waals surface area contributed by atoms with E-state index in [4.69, 9.17) is 9.47 Å². The van der Waals surface area contributed by atoms with Crippen molar-refractivity contribution in [1.29, 1.82) is 0 Å². The number of hydrogen-bond donors (Lipinski definition) is 0. The molecule has 0 aliphatic carbocycles. The van der Waals surface area contributed by atoms with Crippen molar-refractivity contribution in [2.24, 2.45) is 0 Å². The Morgan fingerprint density at radius 2 is 2.08 bits per heavy atom. The number of anilines is 1. The number of nitrogens with zero attached hydrogens (tertiary/aromatic N) is 5. The summed E-state index contributed by atoms with van der Waals surface area (Å²) in [5, 5.41) is 0.658. The second-order valence-electron chi connectivity index (χ2n) is 6.04. The quantitative estimate of drug-likeness (QED) is 0.711. The van der Waals surface area contributed by atoms with Crippen molar-refractivity contribution in [3.05, 3.63) is 47.6 Å². The van der Waals surface area contributed by atoms with Gasteiger partial charge < -0.3 is 14.4 Å². The Bertz CT molecular complexity index is 966. The molecule has 0 amide bonds. The highest BCUT2D eigenvalue weighted by Gasteiger charge is 2.22. The van der Waals surface area contributed by atoms with Crippen molar-refractivity contribution in [3.63, 3.8) is 0 Å². The molecule has 0 spiro atoms. The van der Waals surface area contributed by atoms with E-state index in [1.807, 2.05) is 6.20 Å². The van der Waals surface area contributed by atoms with Gasteiger partial charge in [0, 0.05) is 43.8 Å². The SMILES string of the molecule is COCc1ncc2c(n1)CCN(c1ncnc3c(F)c(OC)ccc13)C2. The molecule has 0 unspecified atom stereocenters. The fourth-order valence-corrected chi connectivity index (χ4v) is 3.21. The third-order valence-electron chi connectivity index (χ3n) is 4.47. The monoisotopic (exact) mass is 355 g/mol. The molecule has 0 radical (unpaired) electrons. The molecule has 0 fully saturated rings. The molecule has 134 valence electrons. The predicted octanol–water partition coefficient (Wildman–Crippen LogP) is 2.28. The van der Waals surface area contributed by atoms with Crippen LogP contribution in [0.25, 0.3) is 10.9 Å². The summed E-state index contributed by atoms with van der Waals surface area (Å²) in [5.41, 5.74) is 2.32. The summed E-state index contributed by atoms with van der Waals surface area (Å²) in [4.78, 5) is 19.5. The van der Waals surface area contributed by atoms with Crippen LogP contribution in [-0.4, -0.2) is 40.7 Å². The minimum atomic E-state index is -0.474. The molecule has 0 saturated heterocycles. The second kappa shape index (κ2) is 6.80. The smallest absolute Gasteiger partial charge is 0.191 e. The first kappa shape index (κ1) is 16.6. The summed E-state index contributed by atoms with van der Waals surface area (Å²) < 4.78 is 24.6. The number of aromatic nitrogens is 4. The largest absolute Gasteiger partial charge is 0.494 e. The minimum Gasteiger partial charge on any atom is -0.494 e. The van der Waals surface area contributed by atoms with Crippen LogP contribution in [-0.2, 0) is 24.3 Å². The maximum Gasteiger partial charge on any atom is 0.191 e. The normalized spacial score (nSPS) is 13.7. The minimum absolute atomic E-state index is 0.171. The van der Waals surface area contributed by atoms with Crippen LogP contribution in [0.4, 0.5) is 10.2 Å². The standard InChI is InChI=1S/C18H18FN5O2/c1-25-9-15-20-7-11-8-24(6-5-13(11)23-15)18-12-3-4-14(26-2)16(19)17(12)21-10-22-18/h3-4,7,10H,5-6,8-9H2,1-2H3. The van der Waals surface area contributed by atoms with Crippen LogP contribution in [0, 0.1) is 5.82 Å². The molecule has 0 bridgehead atoms. The highest BCUT2D eigenvalue weighted by atomic mass is 19.1. The van der Waals surface area contributed by atoms with Gasteiger partial charge in [0.25, 0.3) is 0 Å². The van der Waals surface area contributed by atoms with E-state index in [2.05, 4.69) is 24.8 Å². The van der Waals surface area contributed by atoms with Gasteiger partial charge in [-0.3, -0.25) is 0 Å². The average molecular weight is 355 g/mol. The van der Waals surface area contributed by atoms with E-state index >= 15 is 0 Å². The molecular weight excluding hydrogens is 337 g/mol. The van der Waals surface area contributed by atoms with Gasteiger partial charge in [-0.05, 0) is 12.1 Å². The molecule has 0 saturated carbocycles. The second-order valence-corrected chi connectivity index (χ2v) is 6.04. The maximum absolute atomic E-state index is 14.5. The van der Waals surface area contributed by atoms with E-state index < -0.39 is 5.82 Å². The molecule has 8 heteroatoms. The summed E-state index contributed by atoms with van der Waals surface area (Å²) in [7, 11) is 3.06. The summed E-state index contributed by atoms with van der Waals surface area (Å²) in [6.45, 7) is 1.74. The van der Waals surface area contributed by atoms with E-state index in [-0.39, 0.29) is 11.3 Å². The van der Waals surface area contributed by atoms with Crippen molar-refractivity contribution in [2.75, 3.05) is 25.7 Å². The lowest BCUT2D eigenvalue weighted by Crippen LogP contribution is -2.32. The third-order valence-corrected chi connectivity index (χ3v) is 4.47. The Kier molecular flexibility index (Phi) is 4.34. The highest BCUT2D eigenvalue weighted by molar-refractivity contribution is 5.90. The van der Waals surface area contributed by atoms with Gasteiger partial charge >= 0.3 is 0 Å². The number of hydrogen-bond acceptors (Lipinski definition) is 7. The van der Waals surface area contributed by atoms with Crippen molar-refractivity contribution in [3.8, 4) is 5.75 Å². The van der Waals surface area contributed by atoms with Crippen LogP contribution in [0.2, 0.25) is 0 Å². The van der Waals surface area contributed by atoms with Crippen molar-refractivity contribution >= 4 is 16.7 Å². The molecule has 3 heterocycles. The lowest BCUT2D eigenvalue weighted by atomic mass is 10.1. The lowest BCUT2D eigenvalue weighted by Gasteiger charge is -2.29. The molecular formula is C18H18FN5O2. The molecule has 7 nitrogen and oxygen atoms in total. The van der Waals surface area contributed by atoms with E-state index in [1.54, 1.807) is 19.2 Å². The number of halogens is 1. The van der Waals surface area contributed by atoms with E-state index in [0.717, 1.165) is 24.2 Å². The molecule has 3 aromatic rings. The van der Waals surface area contributed by atoms with Gasteiger partial charge in [-0.25, -0.2) is 24.3 Å². The van der Waals surface area contributed by atoms with Crippen LogP contribution in [0.5, 0.6) is 5.75 Å². The van der Waals surface area contributed by atoms with E-state index in [9.17, 15) is 4.39 Å². The zero-order chi connectivity index (χ0) is 18.1. The molecule has 2 aromatic heterocycles. The first-order chi connectivity index (χ1) is 12.7. The van der Waals surface area contributed by atoms with Gasteiger partial charge in [0.1, 0.15) is 24.3 Å². The molecule has 26 heavy (non-hydrogen) atoms. The van der Waals surface area contributed by atoms with Crippen molar-refractivity contribution in [1.82, 2.24) is 19.9 Å². The lowest BCUT2D eigenvalue weighted by molar-refractivity contribution is 0.177. The Hall–Kier alpha value is -2.87. The fourth-order valence-electron chi connectivity index (χ4n) is 3.21. The maximum atomic E-state index is 14.5. The van der Waals surface area contributed by atoms with Gasteiger partial charge in [-0.1, -0.05) is 0 Å². The zero-order valence-corrected chi connectivity index (χ0v) is 14.6. The molecule has 0 N–H and O–H groups in total. The predicted molar refractivity (Wildman–Crippen MR) is 93.5 cm³/mol. The van der Waals surface area contributed by atoms with Crippen LogP contribution in [0.15, 0.2) is 24.7 Å². The molecule has 1 aromatic carbocycles. The van der Waals surface area contributed by atoms with Gasteiger partial charge in [-0.2, -0.15) is 0 Å². The van der Waals surface area contributed by atoms with Gasteiger partial charge in [0.15, 0.2) is 17.4 Å². The molecule has 0 atom stereocenters. The summed E-state index contributed by atoms with van der Waals surface area (Å²) in [6, 6.07) is 3.39. The van der Waals surface area contributed by atoms with Crippen LogP contribution in [0.1, 0.15) is 17.1 Å². The Labute approximate surface area is 149 Å². The average Bonchev–Trinajstić information content (AvgIpc) is 2.68. The Morgan fingerprint density at radius 3 is 2.88 bits per heavy atom. The van der Waals surface area contributed by atoms with Gasteiger partial charge in [-0.15, -0.1) is 0 Å².